The molecule has 0 aliphatic carbocycles. The third kappa shape index (κ3) is 6.06. The number of unbranched alkanes of at least 4 members (excludes halogenated alkanes) is 4. The van der Waals surface area contributed by atoms with E-state index in [1.807, 2.05) is 36.4 Å². The van der Waals surface area contributed by atoms with Crippen molar-refractivity contribution < 1.29 is 9.59 Å². The van der Waals surface area contributed by atoms with Gasteiger partial charge in [-0.1, -0.05) is 51.7 Å². The van der Waals surface area contributed by atoms with Crippen LogP contribution in [0, 0.1) is 0 Å². The van der Waals surface area contributed by atoms with E-state index >= 15 is 0 Å². The molecule has 0 aliphatic heterocycles. The van der Waals surface area contributed by atoms with Crippen LogP contribution in [0.5, 0.6) is 0 Å². The molecule has 0 radical (unpaired) electrons. The molecule has 3 rings (SSSR count). The third-order valence-electron chi connectivity index (χ3n) is 5.38. The van der Waals surface area contributed by atoms with Gasteiger partial charge in [0.1, 0.15) is 0 Å². The standard InChI is InChI=1S/C26H32N2O2/c1-3-5-7-9-25(29)27-23-13-11-19-16-22-18-24(28-26(30)10-8-6-4-2)14-12-20(22)15-21(19)17-23/h11-18H,3-10H2,1-2H3,(H,27,29)(H,28,30). The average Bonchev–Trinajstić information content (AvgIpc) is 2.72. The minimum absolute atomic E-state index is 0.0721. The summed E-state index contributed by atoms with van der Waals surface area (Å²) in [6.07, 6.45) is 7.38. The van der Waals surface area contributed by atoms with Crippen molar-refractivity contribution >= 4 is 44.7 Å². The number of anilines is 2. The highest BCUT2D eigenvalue weighted by atomic mass is 16.2. The Morgan fingerprint density at radius 2 is 1.03 bits per heavy atom. The second-order valence-corrected chi connectivity index (χ2v) is 7.99. The van der Waals surface area contributed by atoms with Crippen LogP contribution in [0.2, 0.25) is 0 Å². The molecule has 0 unspecified atom stereocenters. The summed E-state index contributed by atoms with van der Waals surface area (Å²) in [6.45, 7) is 4.27. The fourth-order valence-electron chi connectivity index (χ4n) is 3.67. The SMILES string of the molecule is CCCCCC(=O)Nc1ccc2cc3cc(NC(=O)CCCCC)ccc3cc2c1. The highest BCUT2D eigenvalue weighted by molar-refractivity contribution is 6.02. The number of hydrogen-bond donors (Lipinski definition) is 2. The van der Waals surface area contributed by atoms with Crippen molar-refractivity contribution in [3.8, 4) is 0 Å². The maximum Gasteiger partial charge on any atom is 0.224 e. The van der Waals surface area contributed by atoms with Crippen molar-refractivity contribution in [3.63, 3.8) is 0 Å². The molecule has 0 aromatic heterocycles. The first-order valence-electron chi connectivity index (χ1n) is 11.2. The molecule has 0 fully saturated rings. The molecule has 158 valence electrons. The van der Waals surface area contributed by atoms with Crippen molar-refractivity contribution in [1.29, 1.82) is 0 Å². The molecular formula is C26H32N2O2. The number of rotatable bonds is 10. The Bertz CT molecular complexity index is 943. The molecular weight excluding hydrogens is 372 g/mol. The molecule has 0 saturated carbocycles. The first-order chi connectivity index (χ1) is 14.6. The zero-order valence-electron chi connectivity index (χ0n) is 18.1. The van der Waals surface area contributed by atoms with E-state index in [0.29, 0.717) is 12.8 Å². The predicted molar refractivity (Wildman–Crippen MR) is 127 cm³/mol. The first kappa shape index (κ1) is 21.8. The van der Waals surface area contributed by atoms with E-state index in [9.17, 15) is 9.59 Å². The molecule has 30 heavy (non-hydrogen) atoms. The van der Waals surface area contributed by atoms with Crippen LogP contribution in [0.15, 0.2) is 48.5 Å². The molecule has 3 aromatic carbocycles. The molecule has 0 heterocycles. The van der Waals surface area contributed by atoms with Crippen molar-refractivity contribution in [3.05, 3.63) is 48.5 Å². The van der Waals surface area contributed by atoms with Crippen molar-refractivity contribution in [2.45, 2.75) is 65.2 Å². The largest absolute Gasteiger partial charge is 0.326 e. The van der Waals surface area contributed by atoms with Gasteiger partial charge in [0, 0.05) is 24.2 Å². The zero-order chi connectivity index (χ0) is 21.3. The zero-order valence-corrected chi connectivity index (χ0v) is 18.1. The van der Waals surface area contributed by atoms with E-state index in [1.54, 1.807) is 0 Å². The van der Waals surface area contributed by atoms with Crippen LogP contribution in [0.1, 0.15) is 65.2 Å². The number of fused-ring (bicyclic) bond motifs is 2. The number of hydrogen-bond acceptors (Lipinski definition) is 2. The lowest BCUT2D eigenvalue weighted by Crippen LogP contribution is -2.11. The van der Waals surface area contributed by atoms with Crippen molar-refractivity contribution in [2.75, 3.05) is 10.6 Å². The number of benzene rings is 3. The van der Waals surface area contributed by atoms with Gasteiger partial charge in [-0.05, 0) is 70.8 Å². The lowest BCUT2D eigenvalue weighted by atomic mass is 10.0. The fourth-order valence-corrected chi connectivity index (χ4v) is 3.67. The van der Waals surface area contributed by atoms with Gasteiger partial charge in [-0.2, -0.15) is 0 Å². The van der Waals surface area contributed by atoms with Crippen LogP contribution in [-0.2, 0) is 9.59 Å². The van der Waals surface area contributed by atoms with Gasteiger partial charge in [0.15, 0.2) is 0 Å². The Hall–Kier alpha value is -2.88. The molecule has 0 aliphatic rings. The van der Waals surface area contributed by atoms with Crippen LogP contribution < -0.4 is 10.6 Å². The van der Waals surface area contributed by atoms with Gasteiger partial charge in [0.2, 0.25) is 11.8 Å². The summed E-state index contributed by atoms with van der Waals surface area (Å²) in [6, 6.07) is 16.3. The van der Waals surface area contributed by atoms with Gasteiger partial charge < -0.3 is 10.6 Å². The van der Waals surface area contributed by atoms with Gasteiger partial charge in [-0.3, -0.25) is 9.59 Å². The summed E-state index contributed by atoms with van der Waals surface area (Å²) in [5.74, 6) is 0.144. The van der Waals surface area contributed by atoms with Gasteiger partial charge >= 0.3 is 0 Å². The number of amides is 2. The lowest BCUT2D eigenvalue weighted by molar-refractivity contribution is -0.117. The summed E-state index contributed by atoms with van der Waals surface area (Å²) in [5.41, 5.74) is 1.67. The summed E-state index contributed by atoms with van der Waals surface area (Å²) in [7, 11) is 0. The number of carbonyl (C=O) groups is 2. The molecule has 3 aromatic rings. The third-order valence-corrected chi connectivity index (χ3v) is 5.38. The monoisotopic (exact) mass is 404 g/mol. The minimum atomic E-state index is 0.0721. The fraction of sp³-hybridized carbons (Fsp3) is 0.385. The molecule has 2 N–H and O–H groups in total. The molecule has 0 saturated heterocycles. The van der Waals surface area contributed by atoms with Crippen molar-refractivity contribution in [1.82, 2.24) is 0 Å². The second kappa shape index (κ2) is 10.8. The molecule has 0 bridgehead atoms. The molecule has 2 amide bonds. The van der Waals surface area contributed by atoms with Crippen molar-refractivity contribution in [2.24, 2.45) is 0 Å². The quantitative estimate of drug-likeness (QED) is 0.281. The Morgan fingerprint density at radius 3 is 1.43 bits per heavy atom. The highest BCUT2D eigenvalue weighted by Crippen LogP contribution is 2.27. The van der Waals surface area contributed by atoms with E-state index in [2.05, 4.69) is 36.6 Å². The van der Waals surface area contributed by atoms with Crippen LogP contribution in [-0.4, -0.2) is 11.8 Å². The Balaban J connectivity index is 1.73. The maximum atomic E-state index is 12.1. The molecule has 4 nitrogen and oxygen atoms in total. The summed E-state index contributed by atoms with van der Waals surface area (Å²) < 4.78 is 0. The smallest absolute Gasteiger partial charge is 0.224 e. The van der Waals surface area contributed by atoms with E-state index in [4.69, 9.17) is 0 Å². The van der Waals surface area contributed by atoms with Crippen LogP contribution in [0.3, 0.4) is 0 Å². The second-order valence-electron chi connectivity index (χ2n) is 7.99. The molecule has 0 spiro atoms. The lowest BCUT2D eigenvalue weighted by Gasteiger charge is -2.10. The minimum Gasteiger partial charge on any atom is -0.326 e. The van der Waals surface area contributed by atoms with E-state index in [0.717, 1.165) is 71.4 Å². The summed E-state index contributed by atoms with van der Waals surface area (Å²) in [5, 5.41) is 10.4. The Morgan fingerprint density at radius 1 is 0.600 bits per heavy atom. The first-order valence-corrected chi connectivity index (χ1v) is 11.2. The van der Waals surface area contributed by atoms with E-state index < -0.39 is 0 Å². The van der Waals surface area contributed by atoms with E-state index in [1.165, 1.54) is 0 Å². The van der Waals surface area contributed by atoms with Gasteiger partial charge in [0.05, 0.1) is 0 Å². The van der Waals surface area contributed by atoms with Gasteiger partial charge in [-0.25, -0.2) is 0 Å². The summed E-state index contributed by atoms with van der Waals surface area (Å²) in [4.78, 5) is 24.2. The Labute approximate surface area is 179 Å². The normalized spacial score (nSPS) is 11.0. The maximum absolute atomic E-state index is 12.1. The summed E-state index contributed by atoms with van der Waals surface area (Å²) >= 11 is 0. The van der Waals surface area contributed by atoms with Crippen LogP contribution >= 0.6 is 0 Å². The Kier molecular flexibility index (Phi) is 7.83. The number of carbonyl (C=O) groups excluding carboxylic acids is 2. The average molecular weight is 405 g/mol. The molecule has 4 heteroatoms. The van der Waals surface area contributed by atoms with Gasteiger partial charge in [-0.15, -0.1) is 0 Å². The predicted octanol–water partition coefficient (Wildman–Crippen LogP) is 7.03. The van der Waals surface area contributed by atoms with Crippen LogP contribution in [0.25, 0.3) is 21.5 Å². The topological polar surface area (TPSA) is 58.2 Å². The van der Waals surface area contributed by atoms with Gasteiger partial charge in [0.25, 0.3) is 0 Å². The molecule has 0 atom stereocenters. The highest BCUT2D eigenvalue weighted by Gasteiger charge is 2.06. The van der Waals surface area contributed by atoms with Crippen LogP contribution in [0.4, 0.5) is 11.4 Å². The van der Waals surface area contributed by atoms with E-state index in [-0.39, 0.29) is 11.8 Å². The number of nitrogens with one attached hydrogen (secondary N) is 2.